The van der Waals surface area contributed by atoms with Crippen molar-refractivity contribution in [2.45, 2.75) is 13.0 Å². The first kappa shape index (κ1) is 15.5. The van der Waals surface area contributed by atoms with E-state index < -0.39 is 6.10 Å². The molecule has 2 heterocycles. The Morgan fingerprint density at radius 2 is 2.09 bits per heavy atom. The molecule has 0 spiro atoms. The Kier molecular flexibility index (Phi) is 4.55. The molecule has 6 heteroatoms. The van der Waals surface area contributed by atoms with Crippen molar-refractivity contribution >= 4 is 17.2 Å². The van der Waals surface area contributed by atoms with Crippen molar-refractivity contribution in [3.05, 3.63) is 64.2 Å². The van der Waals surface area contributed by atoms with E-state index in [2.05, 4.69) is 21.9 Å². The van der Waals surface area contributed by atoms with Crippen LogP contribution in [0.25, 0.3) is 11.1 Å². The van der Waals surface area contributed by atoms with Crippen molar-refractivity contribution in [3.8, 4) is 11.1 Å². The lowest BCUT2D eigenvalue weighted by Crippen LogP contribution is -2.28. The molecular weight excluding hydrogens is 312 g/mol. The Morgan fingerprint density at radius 1 is 1.30 bits per heavy atom. The lowest BCUT2D eigenvalue weighted by atomic mass is 10.0. The van der Waals surface area contributed by atoms with Gasteiger partial charge in [0.25, 0.3) is 5.91 Å². The second kappa shape index (κ2) is 6.76. The van der Waals surface area contributed by atoms with E-state index in [9.17, 15) is 9.90 Å². The van der Waals surface area contributed by atoms with E-state index in [4.69, 9.17) is 4.52 Å². The Balaban J connectivity index is 1.60. The summed E-state index contributed by atoms with van der Waals surface area (Å²) in [5.74, 6) is 0.204. The Morgan fingerprint density at radius 3 is 2.70 bits per heavy atom. The number of nitrogens with zero attached hydrogens (tertiary/aromatic N) is 1. The van der Waals surface area contributed by atoms with E-state index in [0.717, 1.165) is 16.7 Å². The van der Waals surface area contributed by atoms with Crippen LogP contribution in [0.15, 0.2) is 51.7 Å². The molecule has 1 amide bonds. The number of aromatic nitrogens is 1. The molecule has 0 radical (unpaired) electrons. The van der Waals surface area contributed by atoms with Crippen LogP contribution in [0.2, 0.25) is 0 Å². The van der Waals surface area contributed by atoms with Gasteiger partial charge in [-0.05, 0) is 40.4 Å². The third kappa shape index (κ3) is 3.67. The number of nitrogens with one attached hydrogen (secondary N) is 1. The first-order valence-corrected chi connectivity index (χ1v) is 8.10. The molecule has 0 aliphatic carbocycles. The number of thiophene rings is 1. The zero-order valence-electron chi connectivity index (χ0n) is 12.5. The normalized spacial score (nSPS) is 12.1. The molecule has 2 N–H and O–H groups in total. The van der Waals surface area contributed by atoms with Crippen molar-refractivity contribution in [1.29, 1.82) is 0 Å². The Hall–Kier alpha value is -2.44. The summed E-state index contributed by atoms with van der Waals surface area (Å²) in [6.45, 7) is 1.83. The summed E-state index contributed by atoms with van der Waals surface area (Å²) in [5, 5.41) is 20.6. The average molecular weight is 328 g/mol. The number of aliphatic hydroxyl groups is 1. The SMILES string of the molecule is Cc1cc(C(=O)NCC(O)c2ccc(-c3ccsc3)cc2)no1. The molecule has 1 unspecified atom stereocenters. The summed E-state index contributed by atoms with van der Waals surface area (Å²) in [7, 11) is 0. The smallest absolute Gasteiger partial charge is 0.273 e. The molecule has 0 saturated carbocycles. The number of amides is 1. The van der Waals surface area contributed by atoms with Gasteiger partial charge in [-0.2, -0.15) is 11.3 Å². The molecule has 2 aromatic heterocycles. The molecule has 1 atom stereocenters. The van der Waals surface area contributed by atoms with Crippen LogP contribution in [-0.2, 0) is 0 Å². The highest BCUT2D eigenvalue weighted by Crippen LogP contribution is 2.23. The molecule has 1 aromatic carbocycles. The minimum atomic E-state index is -0.775. The van der Waals surface area contributed by atoms with Crippen molar-refractivity contribution in [1.82, 2.24) is 10.5 Å². The zero-order chi connectivity index (χ0) is 16.2. The standard InChI is InChI=1S/C17H16N2O3S/c1-11-8-15(19-22-11)17(21)18-9-16(20)13-4-2-12(3-5-13)14-6-7-23-10-14/h2-8,10,16,20H,9H2,1H3,(H,18,21). The third-order valence-electron chi connectivity index (χ3n) is 3.47. The number of aliphatic hydroxyl groups excluding tert-OH is 1. The molecule has 0 fully saturated rings. The van der Waals surface area contributed by atoms with Gasteiger partial charge in [0.1, 0.15) is 5.76 Å². The molecule has 0 aliphatic heterocycles. The Labute approximate surface area is 137 Å². The fourth-order valence-corrected chi connectivity index (χ4v) is 2.86. The summed E-state index contributed by atoms with van der Waals surface area (Å²) >= 11 is 1.65. The second-order valence-corrected chi connectivity index (χ2v) is 5.96. The number of carbonyl (C=O) groups is 1. The van der Waals surface area contributed by atoms with E-state index in [1.54, 1.807) is 24.3 Å². The van der Waals surface area contributed by atoms with Gasteiger partial charge in [-0.3, -0.25) is 4.79 Å². The quantitative estimate of drug-likeness (QED) is 0.754. The molecule has 23 heavy (non-hydrogen) atoms. The maximum Gasteiger partial charge on any atom is 0.273 e. The van der Waals surface area contributed by atoms with Crippen LogP contribution >= 0.6 is 11.3 Å². The van der Waals surface area contributed by atoms with Crippen molar-refractivity contribution in [2.24, 2.45) is 0 Å². The minimum Gasteiger partial charge on any atom is -0.387 e. The fraction of sp³-hybridized carbons (Fsp3) is 0.176. The number of carbonyl (C=O) groups excluding carboxylic acids is 1. The summed E-state index contributed by atoms with van der Waals surface area (Å²) in [5.41, 5.74) is 3.22. The van der Waals surface area contributed by atoms with E-state index in [1.165, 1.54) is 0 Å². The van der Waals surface area contributed by atoms with Gasteiger partial charge in [-0.25, -0.2) is 0 Å². The maximum absolute atomic E-state index is 11.9. The van der Waals surface area contributed by atoms with Gasteiger partial charge in [0.2, 0.25) is 0 Å². The molecule has 5 nitrogen and oxygen atoms in total. The average Bonchev–Trinajstić information content (AvgIpc) is 3.24. The summed E-state index contributed by atoms with van der Waals surface area (Å²) in [6, 6.07) is 11.3. The molecule has 0 bridgehead atoms. The van der Waals surface area contributed by atoms with Gasteiger partial charge in [-0.1, -0.05) is 29.4 Å². The van der Waals surface area contributed by atoms with Crippen molar-refractivity contribution in [3.63, 3.8) is 0 Å². The number of hydrogen-bond donors (Lipinski definition) is 2. The van der Waals surface area contributed by atoms with Crippen LogP contribution in [0, 0.1) is 6.92 Å². The molecule has 3 aromatic rings. The van der Waals surface area contributed by atoms with Gasteiger partial charge >= 0.3 is 0 Å². The number of rotatable bonds is 5. The van der Waals surface area contributed by atoms with Gasteiger partial charge in [0.05, 0.1) is 6.10 Å². The molecular formula is C17H16N2O3S. The first-order valence-electron chi connectivity index (χ1n) is 7.15. The van der Waals surface area contributed by atoms with Crippen LogP contribution in [0.4, 0.5) is 0 Å². The molecule has 118 valence electrons. The topological polar surface area (TPSA) is 75.4 Å². The van der Waals surface area contributed by atoms with Gasteiger partial charge in [-0.15, -0.1) is 0 Å². The van der Waals surface area contributed by atoms with Crippen LogP contribution in [0.5, 0.6) is 0 Å². The highest BCUT2D eigenvalue weighted by atomic mass is 32.1. The summed E-state index contributed by atoms with van der Waals surface area (Å²) in [6.07, 6.45) is -0.775. The van der Waals surface area contributed by atoms with E-state index >= 15 is 0 Å². The fourth-order valence-electron chi connectivity index (χ4n) is 2.20. The second-order valence-electron chi connectivity index (χ2n) is 5.18. The maximum atomic E-state index is 11.9. The zero-order valence-corrected chi connectivity index (χ0v) is 13.3. The highest BCUT2D eigenvalue weighted by Gasteiger charge is 2.14. The lowest BCUT2D eigenvalue weighted by molar-refractivity contribution is 0.0907. The molecule has 0 aliphatic rings. The van der Waals surface area contributed by atoms with Gasteiger partial charge in [0, 0.05) is 12.6 Å². The van der Waals surface area contributed by atoms with E-state index in [1.807, 2.05) is 29.6 Å². The van der Waals surface area contributed by atoms with E-state index in [-0.39, 0.29) is 18.1 Å². The van der Waals surface area contributed by atoms with Crippen LogP contribution in [0.3, 0.4) is 0 Å². The number of benzene rings is 1. The summed E-state index contributed by atoms with van der Waals surface area (Å²) in [4.78, 5) is 11.9. The highest BCUT2D eigenvalue weighted by molar-refractivity contribution is 7.08. The number of hydrogen-bond acceptors (Lipinski definition) is 5. The van der Waals surface area contributed by atoms with Crippen LogP contribution in [0.1, 0.15) is 27.9 Å². The summed E-state index contributed by atoms with van der Waals surface area (Å²) < 4.78 is 4.85. The number of aryl methyl sites for hydroxylation is 1. The predicted molar refractivity (Wildman–Crippen MR) is 88.3 cm³/mol. The van der Waals surface area contributed by atoms with Gasteiger partial charge in [0.15, 0.2) is 5.69 Å². The largest absolute Gasteiger partial charge is 0.387 e. The first-order chi connectivity index (χ1) is 11.1. The molecule has 3 rings (SSSR count). The van der Waals surface area contributed by atoms with E-state index in [0.29, 0.717) is 5.76 Å². The third-order valence-corrected chi connectivity index (χ3v) is 4.15. The lowest BCUT2D eigenvalue weighted by Gasteiger charge is -2.12. The van der Waals surface area contributed by atoms with Crippen molar-refractivity contribution in [2.75, 3.05) is 6.54 Å². The predicted octanol–water partition coefficient (Wildman–Crippen LogP) is 3.17. The monoisotopic (exact) mass is 328 g/mol. The van der Waals surface area contributed by atoms with Crippen LogP contribution < -0.4 is 5.32 Å². The van der Waals surface area contributed by atoms with Crippen LogP contribution in [-0.4, -0.2) is 22.7 Å². The minimum absolute atomic E-state index is 0.114. The Bertz CT molecular complexity index is 779. The van der Waals surface area contributed by atoms with Crippen molar-refractivity contribution < 1.29 is 14.4 Å². The van der Waals surface area contributed by atoms with Gasteiger partial charge < -0.3 is 14.9 Å². The molecule has 0 saturated heterocycles.